The van der Waals surface area contributed by atoms with Crippen molar-refractivity contribution in [2.45, 2.75) is 57.4 Å². The van der Waals surface area contributed by atoms with E-state index in [1.54, 1.807) is 0 Å². The first-order chi connectivity index (χ1) is 10.2. The molecule has 0 bridgehead atoms. The molecular weight excluding hydrogens is 268 g/mol. The molecule has 2 aliphatic rings. The van der Waals surface area contributed by atoms with E-state index in [1.807, 2.05) is 4.90 Å². The molecule has 0 aromatic carbocycles. The van der Waals surface area contributed by atoms with Gasteiger partial charge in [0.15, 0.2) is 0 Å². The van der Waals surface area contributed by atoms with E-state index in [0.29, 0.717) is 25.3 Å². The van der Waals surface area contributed by atoms with Crippen molar-refractivity contribution in [1.82, 2.24) is 9.80 Å². The monoisotopic (exact) mass is 296 g/mol. The number of hydrogen-bond acceptors (Lipinski definition) is 4. The van der Waals surface area contributed by atoms with Crippen LogP contribution in [0.25, 0.3) is 0 Å². The van der Waals surface area contributed by atoms with Gasteiger partial charge in [-0.05, 0) is 45.2 Å². The van der Waals surface area contributed by atoms with Crippen molar-refractivity contribution in [2.75, 3.05) is 33.3 Å². The molecule has 0 N–H and O–H groups in total. The first kappa shape index (κ1) is 16.3. The predicted molar refractivity (Wildman–Crippen MR) is 80.9 cm³/mol. The normalized spacial score (nSPS) is 23.9. The number of amides is 1. The van der Waals surface area contributed by atoms with Gasteiger partial charge < -0.3 is 9.64 Å². The van der Waals surface area contributed by atoms with E-state index in [0.717, 1.165) is 19.5 Å². The zero-order valence-corrected chi connectivity index (χ0v) is 13.2. The van der Waals surface area contributed by atoms with Crippen LogP contribution >= 0.6 is 0 Å². The first-order valence-corrected chi connectivity index (χ1v) is 8.29. The van der Waals surface area contributed by atoms with Crippen molar-refractivity contribution >= 4 is 11.9 Å². The SMILES string of the molecule is COC(=O)CCCC(=O)N1CCCCC(N2CCCC2)C1. The standard InChI is InChI=1S/C16H28N2O3/c1-21-16(20)9-6-8-15(19)18-12-3-2-7-14(13-18)17-10-4-5-11-17/h14H,2-13H2,1H3. The van der Waals surface area contributed by atoms with Gasteiger partial charge in [-0.3, -0.25) is 14.5 Å². The molecule has 0 saturated carbocycles. The van der Waals surface area contributed by atoms with Crippen LogP contribution in [0.3, 0.4) is 0 Å². The molecule has 1 unspecified atom stereocenters. The van der Waals surface area contributed by atoms with Gasteiger partial charge in [-0.1, -0.05) is 6.42 Å². The molecule has 1 amide bonds. The zero-order chi connectivity index (χ0) is 15.1. The summed E-state index contributed by atoms with van der Waals surface area (Å²) in [6, 6.07) is 0.541. The van der Waals surface area contributed by atoms with Crippen LogP contribution < -0.4 is 0 Å². The van der Waals surface area contributed by atoms with E-state index >= 15 is 0 Å². The fraction of sp³-hybridized carbons (Fsp3) is 0.875. The molecule has 2 heterocycles. The van der Waals surface area contributed by atoms with E-state index in [1.165, 1.54) is 45.9 Å². The van der Waals surface area contributed by atoms with E-state index in [4.69, 9.17) is 0 Å². The van der Waals surface area contributed by atoms with Gasteiger partial charge in [0, 0.05) is 32.0 Å². The van der Waals surface area contributed by atoms with Gasteiger partial charge in [0.1, 0.15) is 0 Å². The summed E-state index contributed by atoms with van der Waals surface area (Å²) in [6.07, 6.45) is 7.52. The minimum Gasteiger partial charge on any atom is -0.469 e. The molecule has 5 heteroatoms. The molecule has 2 rings (SSSR count). The molecule has 0 aromatic rings. The third kappa shape index (κ3) is 4.99. The molecule has 0 aliphatic carbocycles. The van der Waals surface area contributed by atoms with Crippen molar-refractivity contribution < 1.29 is 14.3 Å². The first-order valence-electron chi connectivity index (χ1n) is 8.29. The fourth-order valence-electron chi connectivity index (χ4n) is 3.40. The second-order valence-electron chi connectivity index (χ2n) is 6.16. The second-order valence-corrected chi connectivity index (χ2v) is 6.16. The van der Waals surface area contributed by atoms with Gasteiger partial charge in [-0.25, -0.2) is 0 Å². The number of carbonyl (C=O) groups is 2. The summed E-state index contributed by atoms with van der Waals surface area (Å²) >= 11 is 0. The maximum absolute atomic E-state index is 12.3. The van der Waals surface area contributed by atoms with Crippen LogP contribution in [-0.2, 0) is 14.3 Å². The van der Waals surface area contributed by atoms with Gasteiger partial charge in [-0.2, -0.15) is 0 Å². The highest BCUT2D eigenvalue weighted by molar-refractivity contribution is 5.77. The van der Waals surface area contributed by atoms with Crippen LogP contribution in [0, 0.1) is 0 Å². The topological polar surface area (TPSA) is 49.9 Å². The Hall–Kier alpha value is -1.10. The maximum atomic E-state index is 12.3. The molecule has 120 valence electrons. The summed E-state index contributed by atoms with van der Waals surface area (Å²) in [7, 11) is 1.39. The van der Waals surface area contributed by atoms with Crippen LogP contribution in [-0.4, -0.2) is 61.0 Å². The molecule has 5 nitrogen and oxygen atoms in total. The average Bonchev–Trinajstić information content (AvgIpc) is 2.91. The summed E-state index contributed by atoms with van der Waals surface area (Å²) in [6.45, 7) is 4.13. The second kappa shape index (κ2) is 8.37. The van der Waals surface area contributed by atoms with Gasteiger partial charge in [-0.15, -0.1) is 0 Å². The van der Waals surface area contributed by atoms with E-state index < -0.39 is 0 Å². The lowest BCUT2D eigenvalue weighted by atomic mass is 10.1. The quantitative estimate of drug-likeness (QED) is 0.726. The molecule has 1 atom stereocenters. The summed E-state index contributed by atoms with van der Waals surface area (Å²) in [5.74, 6) is -0.0291. The Kier molecular flexibility index (Phi) is 6.49. The lowest BCUT2D eigenvalue weighted by Gasteiger charge is -2.30. The number of ether oxygens (including phenoxy) is 1. The van der Waals surface area contributed by atoms with E-state index in [9.17, 15) is 9.59 Å². The Bertz CT molecular complexity index is 353. The number of methoxy groups -OCH3 is 1. The Morgan fingerprint density at radius 2 is 1.76 bits per heavy atom. The maximum Gasteiger partial charge on any atom is 0.305 e. The summed E-state index contributed by atoms with van der Waals surface area (Å²) in [4.78, 5) is 28.0. The van der Waals surface area contributed by atoms with Crippen LogP contribution in [0.15, 0.2) is 0 Å². The molecule has 2 saturated heterocycles. The fourth-order valence-corrected chi connectivity index (χ4v) is 3.40. The van der Waals surface area contributed by atoms with Crippen molar-refractivity contribution in [2.24, 2.45) is 0 Å². The van der Waals surface area contributed by atoms with Crippen LogP contribution in [0.4, 0.5) is 0 Å². The molecule has 0 spiro atoms. The number of carbonyl (C=O) groups excluding carboxylic acids is 2. The van der Waals surface area contributed by atoms with Crippen molar-refractivity contribution in [1.29, 1.82) is 0 Å². The summed E-state index contributed by atoms with van der Waals surface area (Å²) < 4.78 is 4.61. The minimum atomic E-state index is -0.228. The van der Waals surface area contributed by atoms with E-state index in [-0.39, 0.29) is 11.9 Å². The van der Waals surface area contributed by atoms with Gasteiger partial charge in [0.25, 0.3) is 0 Å². The highest BCUT2D eigenvalue weighted by Crippen LogP contribution is 2.21. The number of likely N-dealkylation sites (tertiary alicyclic amines) is 2. The summed E-state index contributed by atoms with van der Waals surface area (Å²) in [5, 5.41) is 0. The Labute approximate surface area is 127 Å². The molecule has 21 heavy (non-hydrogen) atoms. The Balaban J connectivity index is 1.79. The van der Waals surface area contributed by atoms with Crippen LogP contribution in [0.2, 0.25) is 0 Å². The number of esters is 1. The Morgan fingerprint density at radius 1 is 1.05 bits per heavy atom. The van der Waals surface area contributed by atoms with Crippen molar-refractivity contribution in [3.63, 3.8) is 0 Å². The molecule has 0 aromatic heterocycles. The largest absolute Gasteiger partial charge is 0.469 e. The zero-order valence-electron chi connectivity index (χ0n) is 13.2. The molecule has 0 radical (unpaired) electrons. The van der Waals surface area contributed by atoms with Gasteiger partial charge >= 0.3 is 5.97 Å². The summed E-state index contributed by atoms with van der Waals surface area (Å²) in [5.41, 5.74) is 0. The lowest BCUT2D eigenvalue weighted by Crippen LogP contribution is -2.43. The van der Waals surface area contributed by atoms with Gasteiger partial charge in [0.2, 0.25) is 5.91 Å². The predicted octanol–water partition coefficient (Wildman–Crippen LogP) is 1.81. The average molecular weight is 296 g/mol. The lowest BCUT2D eigenvalue weighted by molar-refractivity contribution is -0.140. The Morgan fingerprint density at radius 3 is 2.48 bits per heavy atom. The van der Waals surface area contributed by atoms with Crippen molar-refractivity contribution in [3.05, 3.63) is 0 Å². The number of hydrogen-bond donors (Lipinski definition) is 0. The smallest absolute Gasteiger partial charge is 0.305 e. The van der Waals surface area contributed by atoms with Crippen LogP contribution in [0.1, 0.15) is 51.4 Å². The van der Waals surface area contributed by atoms with E-state index in [2.05, 4.69) is 9.64 Å². The third-order valence-electron chi connectivity index (χ3n) is 4.66. The minimum absolute atomic E-state index is 0.199. The molecular formula is C16H28N2O3. The molecule has 2 fully saturated rings. The highest BCUT2D eigenvalue weighted by Gasteiger charge is 2.27. The van der Waals surface area contributed by atoms with Gasteiger partial charge in [0.05, 0.1) is 7.11 Å². The van der Waals surface area contributed by atoms with Crippen molar-refractivity contribution in [3.8, 4) is 0 Å². The van der Waals surface area contributed by atoms with Crippen LogP contribution in [0.5, 0.6) is 0 Å². The number of rotatable bonds is 5. The molecule has 2 aliphatic heterocycles. The third-order valence-corrected chi connectivity index (χ3v) is 4.66. The highest BCUT2D eigenvalue weighted by atomic mass is 16.5. The number of nitrogens with zero attached hydrogens (tertiary/aromatic N) is 2.